The number of aromatic nitrogens is 4. The van der Waals surface area contributed by atoms with Crippen LogP contribution < -0.4 is 0 Å². The number of aryl methyl sites for hydroxylation is 3. The number of furan rings is 1. The maximum atomic E-state index is 10.8. The molecule has 0 spiro atoms. The molecule has 0 aliphatic heterocycles. The Bertz CT molecular complexity index is 1050. The van der Waals surface area contributed by atoms with Crippen LogP contribution in [-0.2, 0) is 19.6 Å². The van der Waals surface area contributed by atoms with Crippen molar-refractivity contribution in [1.29, 1.82) is 0 Å². The van der Waals surface area contributed by atoms with Crippen LogP contribution in [0.25, 0.3) is 4.96 Å². The number of fused-ring (bicyclic) bond motifs is 1. The molecule has 4 rings (SSSR count). The molecule has 0 bridgehead atoms. The second kappa shape index (κ2) is 7.90. The third-order valence-corrected chi connectivity index (χ3v) is 5.61. The molecular formula is C20H25N5O2S. The van der Waals surface area contributed by atoms with E-state index in [1.54, 1.807) is 17.6 Å². The van der Waals surface area contributed by atoms with Gasteiger partial charge in [-0.1, -0.05) is 0 Å². The average molecular weight is 400 g/mol. The Morgan fingerprint density at radius 3 is 2.86 bits per heavy atom. The van der Waals surface area contributed by atoms with E-state index in [1.807, 2.05) is 55.2 Å². The van der Waals surface area contributed by atoms with Gasteiger partial charge in [-0.15, -0.1) is 11.3 Å². The van der Waals surface area contributed by atoms with Crippen LogP contribution in [0, 0.1) is 20.8 Å². The van der Waals surface area contributed by atoms with E-state index in [0.717, 1.165) is 33.5 Å². The van der Waals surface area contributed by atoms with Crippen LogP contribution in [0.15, 0.2) is 40.5 Å². The largest absolute Gasteiger partial charge is 0.468 e. The number of imidazole rings is 1. The number of hydrogen-bond acceptors (Lipinski definition) is 6. The predicted molar refractivity (Wildman–Crippen MR) is 108 cm³/mol. The number of thiazole rings is 1. The predicted octanol–water partition coefficient (Wildman–Crippen LogP) is 3.17. The average Bonchev–Trinajstić information content (AvgIpc) is 3.38. The summed E-state index contributed by atoms with van der Waals surface area (Å²) in [6.45, 7) is 8.29. The fourth-order valence-electron chi connectivity index (χ4n) is 3.57. The Labute approximate surface area is 167 Å². The van der Waals surface area contributed by atoms with Crippen molar-refractivity contribution in [3.05, 3.63) is 64.6 Å². The van der Waals surface area contributed by atoms with E-state index in [0.29, 0.717) is 26.2 Å². The maximum Gasteiger partial charge on any atom is 0.194 e. The van der Waals surface area contributed by atoms with Gasteiger partial charge in [-0.25, -0.2) is 4.98 Å². The summed E-state index contributed by atoms with van der Waals surface area (Å²) < 4.78 is 9.54. The van der Waals surface area contributed by atoms with E-state index in [4.69, 9.17) is 4.42 Å². The molecule has 8 heteroatoms. The molecule has 28 heavy (non-hydrogen) atoms. The molecule has 0 aliphatic rings. The van der Waals surface area contributed by atoms with Crippen LogP contribution >= 0.6 is 11.3 Å². The third kappa shape index (κ3) is 4.04. The Hall–Kier alpha value is -2.42. The van der Waals surface area contributed by atoms with Crippen molar-refractivity contribution >= 4 is 16.3 Å². The van der Waals surface area contributed by atoms with Gasteiger partial charge in [0.1, 0.15) is 5.76 Å². The molecule has 7 nitrogen and oxygen atoms in total. The van der Waals surface area contributed by atoms with Crippen LogP contribution in [0.4, 0.5) is 0 Å². The fraction of sp³-hybridized carbons (Fsp3) is 0.400. The minimum Gasteiger partial charge on any atom is -0.468 e. The zero-order valence-electron chi connectivity index (χ0n) is 16.4. The number of hydrogen-bond donors (Lipinski definition) is 1. The van der Waals surface area contributed by atoms with Gasteiger partial charge in [-0.2, -0.15) is 5.10 Å². The third-order valence-electron chi connectivity index (χ3n) is 4.85. The molecule has 0 aromatic carbocycles. The first-order valence-corrected chi connectivity index (χ1v) is 10.2. The number of aliphatic hydroxyl groups is 1. The lowest BCUT2D eigenvalue weighted by atomic mass is 10.2. The Kier molecular flexibility index (Phi) is 5.34. The standard InChI is InChI=1S/C20H25N5O2S/c1-14-9-15(2)25(22-14)11-17(26)10-23(12-18-5-4-7-27-18)13-19-16(3)21-20-24(19)6-8-28-20/h4-9,17,26H,10-13H2,1-3H3/t17-/m0/s1. The van der Waals surface area contributed by atoms with Crippen LogP contribution in [0.1, 0.15) is 28.5 Å². The van der Waals surface area contributed by atoms with Gasteiger partial charge < -0.3 is 9.52 Å². The van der Waals surface area contributed by atoms with E-state index >= 15 is 0 Å². The highest BCUT2D eigenvalue weighted by Gasteiger charge is 2.19. The van der Waals surface area contributed by atoms with Crippen molar-refractivity contribution in [2.24, 2.45) is 0 Å². The summed E-state index contributed by atoms with van der Waals surface area (Å²) in [5.74, 6) is 0.877. The van der Waals surface area contributed by atoms with E-state index < -0.39 is 6.10 Å². The molecule has 4 aromatic rings. The maximum absolute atomic E-state index is 10.8. The summed E-state index contributed by atoms with van der Waals surface area (Å²) in [6, 6.07) is 5.88. The molecule has 0 amide bonds. The van der Waals surface area contributed by atoms with Crippen LogP contribution in [0.5, 0.6) is 0 Å². The van der Waals surface area contributed by atoms with Crippen molar-refractivity contribution in [1.82, 2.24) is 24.1 Å². The summed E-state index contributed by atoms with van der Waals surface area (Å²) >= 11 is 1.63. The first-order valence-electron chi connectivity index (χ1n) is 9.34. The van der Waals surface area contributed by atoms with Gasteiger partial charge in [0.2, 0.25) is 0 Å². The summed E-state index contributed by atoms with van der Waals surface area (Å²) in [6.07, 6.45) is 3.19. The van der Waals surface area contributed by atoms with Gasteiger partial charge in [0.25, 0.3) is 0 Å². The van der Waals surface area contributed by atoms with Crippen LogP contribution in [0.3, 0.4) is 0 Å². The molecule has 4 heterocycles. The molecule has 0 saturated heterocycles. The fourth-order valence-corrected chi connectivity index (χ4v) is 4.34. The monoisotopic (exact) mass is 399 g/mol. The Morgan fingerprint density at radius 1 is 1.29 bits per heavy atom. The quantitative estimate of drug-likeness (QED) is 0.493. The van der Waals surface area contributed by atoms with Crippen molar-refractivity contribution in [2.45, 2.75) is 46.5 Å². The summed E-state index contributed by atoms with van der Waals surface area (Å²) in [4.78, 5) is 7.83. The molecule has 1 atom stereocenters. The molecule has 0 saturated carbocycles. The van der Waals surface area contributed by atoms with Gasteiger partial charge in [-0.3, -0.25) is 14.0 Å². The molecule has 0 radical (unpaired) electrons. The molecule has 0 fully saturated rings. The smallest absolute Gasteiger partial charge is 0.194 e. The topological polar surface area (TPSA) is 71.7 Å². The molecule has 4 aromatic heterocycles. The minimum absolute atomic E-state index is 0.466. The summed E-state index contributed by atoms with van der Waals surface area (Å²) in [5.41, 5.74) is 4.18. The zero-order valence-corrected chi connectivity index (χ0v) is 17.2. The summed E-state index contributed by atoms with van der Waals surface area (Å²) in [5, 5.41) is 17.3. The van der Waals surface area contributed by atoms with Gasteiger partial charge in [0.15, 0.2) is 4.96 Å². The normalized spacial score (nSPS) is 13.0. The van der Waals surface area contributed by atoms with Crippen LogP contribution in [-0.4, -0.2) is 41.8 Å². The Balaban J connectivity index is 1.52. The lowest BCUT2D eigenvalue weighted by molar-refractivity contribution is 0.0830. The SMILES string of the molecule is Cc1cc(C)n(C[C@@H](O)CN(Cc2ccco2)Cc2c(C)nc3sccn23)n1. The van der Waals surface area contributed by atoms with E-state index in [2.05, 4.69) is 19.4 Å². The Morgan fingerprint density at radius 2 is 2.14 bits per heavy atom. The summed E-state index contributed by atoms with van der Waals surface area (Å²) in [7, 11) is 0. The van der Waals surface area contributed by atoms with E-state index in [-0.39, 0.29) is 0 Å². The van der Waals surface area contributed by atoms with Crippen molar-refractivity contribution in [3.63, 3.8) is 0 Å². The van der Waals surface area contributed by atoms with Crippen molar-refractivity contribution in [2.75, 3.05) is 6.54 Å². The molecule has 0 aliphatic carbocycles. The molecule has 148 valence electrons. The van der Waals surface area contributed by atoms with Gasteiger partial charge in [0.05, 0.1) is 42.5 Å². The van der Waals surface area contributed by atoms with Gasteiger partial charge in [-0.05, 0) is 39.0 Å². The molecule has 0 unspecified atom stereocenters. The minimum atomic E-state index is -0.542. The van der Waals surface area contributed by atoms with E-state index in [9.17, 15) is 5.11 Å². The molecular weight excluding hydrogens is 374 g/mol. The van der Waals surface area contributed by atoms with Crippen LogP contribution in [0.2, 0.25) is 0 Å². The first kappa shape index (κ1) is 18.9. The highest BCUT2D eigenvalue weighted by atomic mass is 32.1. The highest BCUT2D eigenvalue weighted by Crippen LogP contribution is 2.20. The van der Waals surface area contributed by atoms with Crippen molar-refractivity contribution < 1.29 is 9.52 Å². The number of aliphatic hydroxyl groups excluding tert-OH is 1. The number of rotatable bonds is 8. The van der Waals surface area contributed by atoms with Gasteiger partial charge >= 0.3 is 0 Å². The molecule has 1 N–H and O–H groups in total. The first-order chi connectivity index (χ1) is 13.5. The lowest BCUT2D eigenvalue weighted by Crippen LogP contribution is -2.35. The zero-order chi connectivity index (χ0) is 19.7. The highest BCUT2D eigenvalue weighted by molar-refractivity contribution is 7.15. The lowest BCUT2D eigenvalue weighted by Gasteiger charge is -2.24. The van der Waals surface area contributed by atoms with Gasteiger partial charge in [0, 0.05) is 30.4 Å². The number of nitrogens with zero attached hydrogens (tertiary/aromatic N) is 5. The van der Waals surface area contributed by atoms with Crippen molar-refractivity contribution in [3.8, 4) is 0 Å². The van der Waals surface area contributed by atoms with E-state index in [1.165, 1.54) is 0 Å². The second-order valence-corrected chi connectivity index (χ2v) is 8.08. The second-order valence-electron chi connectivity index (χ2n) is 7.21.